The molecule has 0 N–H and O–H groups in total. The van der Waals surface area contributed by atoms with Gasteiger partial charge in [-0.3, -0.25) is 4.79 Å². The van der Waals surface area contributed by atoms with Gasteiger partial charge in [0.05, 0.1) is 12.7 Å². The Balaban J connectivity index is 2.45. The highest BCUT2D eigenvalue weighted by Crippen LogP contribution is 2.27. The standard InChI is InChI=1S/C12H15NO2/c1-8-3-4-11-9(5-8)6-10(7-14)12(13-11)15-2/h6-8H,3-5H2,1-2H3. The second-order valence-corrected chi connectivity index (χ2v) is 4.16. The molecule has 1 aromatic rings. The van der Waals surface area contributed by atoms with Crippen molar-refractivity contribution in [2.75, 3.05) is 7.11 Å². The van der Waals surface area contributed by atoms with Crippen molar-refractivity contribution < 1.29 is 9.53 Å². The number of rotatable bonds is 2. The Kier molecular flexibility index (Phi) is 2.71. The molecule has 0 aliphatic heterocycles. The van der Waals surface area contributed by atoms with E-state index in [4.69, 9.17) is 4.74 Å². The number of carbonyl (C=O) groups excluding carboxylic acids is 1. The van der Waals surface area contributed by atoms with Gasteiger partial charge in [-0.25, -0.2) is 4.98 Å². The van der Waals surface area contributed by atoms with Gasteiger partial charge in [0, 0.05) is 5.69 Å². The number of hydrogen-bond acceptors (Lipinski definition) is 3. The molecule has 3 nitrogen and oxygen atoms in total. The Morgan fingerprint density at radius 1 is 1.60 bits per heavy atom. The largest absolute Gasteiger partial charge is 0.480 e. The van der Waals surface area contributed by atoms with Gasteiger partial charge in [-0.05, 0) is 36.8 Å². The normalized spacial score (nSPS) is 19.5. The van der Waals surface area contributed by atoms with Crippen molar-refractivity contribution in [2.24, 2.45) is 5.92 Å². The van der Waals surface area contributed by atoms with Crippen LogP contribution in [0.2, 0.25) is 0 Å². The number of pyridine rings is 1. The molecule has 80 valence electrons. The van der Waals surface area contributed by atoms with E-state index in [0.717, 1.165) is 24.8 Å². The molecule has 1 aliphatic rings. The molecular formula is C12H15NO2. The lowest BCUT2D eigenvalue weighted by Crippen LogP contribution is -2.14. The number of methoxy groups -OCH3 is 1. The Morgan fingerprint density at radius 3 is 3.07 bits per heavy atom. The lowest BCUT2D eigenvalue weighted by Gasteiger charge is -2.21. The molecule has 3 heteroatoms. The second kappa shape index (κ2) is 4.01. The molecule has 1 atom stereocenters. The highest BCUT2D eigenvalue weighted by Gasteiger charge is 2.19. The van der Waals surface area contributed by atoms with Crippen molar-refractivity contribution in [1.29, 1.82) is 0 Å². The Hall–Kier alpha value is -1.38. The van der Waals surface area contributed by atoms with Crippen LogP contribution in [0.3, 0.4) is 0 Å². The van der Waals surface area contributed by atoms with Crippen molar-refractivity contribution in [1.82, 2.24) is 4.98 Å². The molecular weight excluding hydrogens is 190 g/mol. The number of ether oxygens (including phenoxy) is 1. The van der Waals surface area contributed by atoms with Gasteiger partial charge in [-0.1, -0.05) is 6.92 Å². The summed E-state index contributed by atoms with van der Waals surface area (Å²) in [5, 5.41) is 0. The minimum absolute atomic E-state index is 0.457. The summed E-state index contributed by atoms with van der Waals surface area (Å²) in [7, 11) is 1.55. The molecule has 2 rings (SSSR count). The summed E-state index contributed by atoms with van der Waals surface area (Å²) in [6.07, 6.45) is 3.99. The van der Waals surface area contributed by atoms with E-state index >= 15 is 0 Å². The fraction of sp³-hybridized carbons (Fsp3) is 0.500. The van der Waals surface area contributed by atoms with Gasteiger partial charge in [0.1, 0.15) is 0 Å². The van der Waals surface area contributed by atoms with Crippen LogP contribution in [0, 0.1) is 5.92 Å². The third-order valence-electron chi connectivity index (χ3n) is 2.95. The van der Waals surface area contributed by atoms with E-state index in [2.05, 4.69) is 11.9 Å². The van der Waals surface area contributed by atoms with Gasteiger partial charge in [0.2, 0.25) is 5.88 Å². The molecule has 0 amide bonds. The van der Waals surface area contributed by atoms with E-state index in [1.807, 2.05) is 6.07 Å². The molecule has 1 aromatic heterocycles. The van der Waals surface area contributed by atoms with Gasteiger partial charge >= 0.3 is 0 Å². The van der Waals surface area contributed by atoms with E-state index < -0.39 is 0 Å². The summed E-state index contributed by atoms with van der Waals surface area (Å²) in [5.74, 6) is 1.14. The Bertz CT molecular complexity index is 387. The van der Waals surface area contributed by atoms with E-state index in [9.17, 15) is 4.79 Å². The topological polar surface area (TPSA) is 39.2 Å². The molecule has 0 fully saturated rings. The van der Waals surface area contributed by atoms with Crippen LogP contribution >= 0.6 is 0 Å². The zero-order valence-electron chi connectivity index (χ0n) is 9.12. The molecule has 0 radical (unpaired) electrons. The quantitative estimate of drug-likeness (QED) is 0.693. The summed E-state index contributed by atoms with van der Waals surface area (Å²) < 4.78 is 5.09. The number of hydrogen-bond donors (Lipinski definition) is 0. The lowest BCUT2D eigenvalue weighted by molar-refractivity contribution is 0.111. The zero-order chi connectivity index (χ0) is 10.8. The molecule has 0 bridgehead atoms. The van der Waals surface area contributed by atoms with Crippen LogP contribution in [-0.2, 0) is 12.8 Å². The molecule has 0 spiro atoms. The van der Waals surface area contributed by atoms with Gasteiger partial charge in [-0.2, -0.15) is 0 Å². The highest BCUT2D eigenvalue weighted by molar-refractivity contribution is 5.78. The number of nitrogens with zero attached hydrogens (tertiary/aromatic N) is 1. The van der Waals surface area contributed by atoms with Crippen LogP contribution in [0.25, 0.3) is 0 Å². The SMILES string of the molecule is COc1nc2c(cc1C=O)CC(C)CC2. The molecule has 0 saturated carbocycles. The first-order valence-corrected chi connectivity index (χ1v) is 5.26. The minimum atomic E-state index is 0.457. The average molecular weight is 205 g/mol. The third-order valence-corrected chi connectivity index (χ3v) is 2.95. The molecule has 0 aromatic carbocycles. The summed E-state index contributed by atoms with van der Waals surface area (Å²) in [6.45, 7) is 2.23. The van der Waals surface area contributed by atoms with Gasteiger partial charge in [-0.15, -0.1) is 0 Å². The van der Waals surface area contributed by atoms with Crippen LogP contribution in [-0.4, -0.2) is 18.4 Å². The van der Waals surface area contributed by atoms with E-state index in [0.29, 0.717) is 17.4 Å². The Labute approximate surface area is 89.5 Å². The van der Waals surface area contributed by atoms with Crippen molar-refractivity contribution in [3.8, 4) is 5.88 Å². The molecule has 1 aliphatic carbocycles. The van der Waals surface area contributed by atoms with Crippen molar-refractivity contribution in [2.45, 2.75) is 26.2 Å². The molecule has 1 heterocycles. The fourth-order valence-electron chi connectivity index (χ4n) is 2.09. The summed E-state index contributed by atoms with van der Waals surface area (Å²) in [5.41, 5.74) is 2.86. The third kappa shape index (κ3) is 1.87. The van der Waals surface area contributed by atoms with Crippen molar-refractivity contribution in [3.63, 3.8) is 0 Å². The maximum atomic E-state index is 10.8. The van der Waals surface area contributed by atoms with E-state index in [1.165, 1.54) is 12.0 Å². The fourth-order valence-corrected chi connectivity index (χ4v) is 2.09. The zero-order valence-corrected chi connectivity index (χ0v) is 9.12. The first-order chi connectivity index (χ1) is 7.24. The summed E-state index contributed by atoms with van der Waals surface area (Å²) >= 11 is 0. The number of aryl methyl sites for hydroxylation is 1. The van der Waals surface area contributed by atoms with Crippen molar-refractivity contribution >= 4 is 6.29 Å². The first kappa shape index (κ1) is 10.1. The monoisotopic (exact) mass is 205 g/mol. The number of aldehydes is 1. The van der Waals surface area contributed by atoms with Crippen molar-refractivity contribution in [3.05, 3.63) is 22.9 Å². The minimum Gasteiger partial charge on any atom is -0.480 e. The predicted octanol–water partition coefficient (Wildman–Crippen LogP) is 2.03. The maximum Gasteiger partial charge on any atom is 0.224 e. The summed E-state index contributed by atoms with van der Waals surface area (Å²) in [6, 6.07) is 1.92. The molecule has 15 heavy (non-hydrogen) atoms. The van der Waals surface area contributed by atoms with Crippen LogP contribution in [0.5, 0.6) is 5.88 Å². The number of carbonyl (C=O) groups is 1. The first-order valence-electron chi connectivity index (χ1n) is 5.26. The lowest BCUT2D eigenvalue weighted by atomic mass is 9.87. The van der Waals surface area contributed by atoms with Crippen LogP contribution < -0.4 is 4.74 Å². The average Bonchev–Trinajstić information content (AvgIpc) is 2.27. The van der Waals surface area contributed by atoms with Crippen LogP contribution in [0.4, 0.5) is 0 Å². The maximum absolute atomic E-state index is 10.8. The second-order valence-electron chi connectivity index (χ2n) is 4.16. The number of fused-ring (bicyclic) bond motifs is 1. The van der Waals surface area contributed by atoms with Gasteiger partial charge < -0.3 is 4.74 Å². The van der Waals surface area contributed by atoms with Gasteiger partial charge in [0.15, 0.2) is 6.29 Å². The summed E-state index contributed by atoms with van der Waals surface area (Å²) in [4.78, 5) is 15.2. The Morgan fingerprint density at radius 2 is 2.40 bits per heavy atom. The van der Waals surface area contributed by atoms with E-state index in [1.54, 1.807) is 7.11 Å². The predicted molar refractivity (Wildman–Crippen MR) is 57.4 cm³/mol. The van der Waals surface area contributed by atoms with Crippen LogP contribution in [0.15, 0.2) is 6.07 Å². The van der Waals surface area contributed by atoms with Gasteiger partial charge in [0.25, 0.3) is 0 Å². The highest BCUT2D eigenvalue weighted by atomic mass is 16.5. The smallest absolute Gasteiger partial charge is 0.224 e. The van der Waals surface area contributed by atoms with Crippen LogP contribution in [0.1, 0.15) is 35.0 Å². The molecule has 1 unspecified atom stereocenters. The number of aromatic nitrogens is 1. The van der Waals surface area contributed by atoms with E-state index in [-0.39, 0.29) is 0 Å². The molecule has 0 saturated heterocycles.